The van der Waals surface area contributed by atoms with Crippen molar-refractivity contribution in [3.05, 3.63) is 0 Å². The third-order valence-electron chi connectivity index (χ3n) is 4.03. The van der Waals surface area contributed by atoms with Crippen LogP contribution >= 0.6 is 0 Å². The molecule has 0 N–H and O–H groups in total. The van der Waals surface area contributed by atoms with Gasteiger partial charge in [-0.2, -0.15) is 0 Å². The molecule has 1 atom stereocenters. The van der Waals surface area contributed by atoms with Crippen molar-refractivity contribution in [2.75, 3.05) is 46.9 Å². The van der Waals surface area contributed by atoms with E-state index in [9.17, 15) is 9.59 Å². The van der Waals surface area contributed by atoms with Crippen molar-refractivity contribution in [3.63, 3.8) is 0 Å². The van der Waals surface area contributed by atoms with E-state index < -0.39 is 5.54 Å². The molecule has 0 bridgehead atoms. The Labute approximate surface area is 107 Å². The van der Waals surface area contributed by atoms with Crippen LogP contribution in [0.15, 0.2) is 0 Å². The number of likely N-dealkylation sites (N-methyl/N-ethyl adjacent to an activating group) is 2. The van der Waals surface area contributed by atoms with Gasteiger partial charge < -0.3 is 14.5 Å². The SMILES string of the molecule is CCN1CCC2(C1)C(=O)N(C)C(=O)N2CCOC. The average Bonchev–Trinajstić information content (AvgIpc) is 2.88. The maximum absolute atomic E-state index is 12.4. The number of imide groups is 1. The van der Waals surface area contributed by atoms with Crippen LogP contribution in [0.25, 0.3) is 0 Å². The number of amides is 3. The van der Waals surface area contributed by atoms with Crippen molar-refractivity contribution in [1.29, 1.82) is 0 Å². The molecule has 18 heavy (non-hydrogen) atoms. The number of methoxy groups -OCH3 is 1. The van der Waals surface area contributed by atoms with E-state index in [1.807, 2.05) is 0 Å². The summed E-state index contributed by atoms with van der Waals surface area (Å²) < 4.78 is 5.04. The van der Waals surface area contributed by atoms with Crippen molar-refractivity contribution in [2.45, 2.75) is 18.9 Å². The predicted molar refractivity (Wildman–Crippen MR) is 66.2 cm³/mol. The third kappa shape index (κ3) is 1.80. The first-order chi connectivity index (χ1) is 8.56. The van der Waals surface area contributed by atoms with Crippen LogP contribution < -0.4 is 0 Å². The lowest BCUT2D eigenvalue weighted by Gasteiger charge is -2.31. The summed E-state index contributed by atoms with van der Waals surface area (Å²) >= 11 is 0. The number of urea groups is 1. The fraction of sp³-hybridized carbons (Fsp3) is 0.833. The fourth-order valence-electron chi connectivity index (χ4n) is 2.91. The first-order valence-corrected chi connectivity index (χ1v) is 6.38. The number of carbonyl (C=O) groups is 2. The van der Waals surface area contributed by atoms with E-state index in [1.165, 1.54) is 4.90 Å². The molecule has 2 aliphatic heterocycles. The van der Waals surface area contributed by atoms with Gasteiger partial charge in [-0.05, 0) is 13.0 Å². The molecule has 2 rings (SSSR count). The summed E-state index contributed by atoms with van der Waals surface area (Å²) in [6, 6.07) is -0.199. The van der Waals surface area contributed by atoms with Gasteiger partial charge in [-0.1, -0.05) is 6.92 Å². The number of rotatable bonds is 4. The lowest BCUT2D eigenvalue weighted by molar-refractivity contribution is -0.132. The number of hydrogen-bond donors (Lipinski definition) is 0. The summed E-state index contributed by atoms with van der Waals surface area (Å²) in [7, 11) is 3.17. The van der Waals surface area contributed by atoms with Crippen molar-refractivity contribution in [2.24, 2.45) is 0 Å². The van der Waals surface area contributed by atoms with E-state index in [0.717, 1.165) is 19.5 Å². The van der Waals surface area contributed by atoms with Gasteiger partial charge in [0, 0.05) is 33.8 Å². The molecule has 2 saturated heterocycles. The summed E-state index contributed by atoms with van der Waals surface area (Å²) in [6.07, 6.45) is 0.722. The minimum absolute atomic E-state index is 0.0699. The maximum atomic E-state index is 12.4. The zero-order chi connectivity index (χ0) is 13.3. The molecule has 6 nitrogen and oxygen atoms in total. The normalized spacial score (nSPS) is 29.1. The highest BCUT2D eigenvalue weighted by molar-refractivity contribution is 6.07. The molecule has 0 aromatic rings. The van der Waals surface area contributed by atoms with Crippen LogP contribution in [0.1, 0.15) is 13.3 Å². The predicted octanol–water partition coefficient (Wildman–Crippen LogP) is -0.00880. The Kier molecular flexibility index (Phi) is 3.59. The number of likely N-dealkylation sites (tertiary alicyclic amines) is 1. The lowest BCUT2D eigenvalue weighted by atomic mass is 9.97. The summed E-state index contributed by atoms with van der Waals surface area (Å²) in [5.74, 6) is -0.0699. The molecule has 0 saturated carbocycles. The Balaban J connectivity index is 2.24. The monoisotopic (exact) mass is 255 g/mol. The quantitative estimate of drug-likeness (QED) is 0.663. The van der Waals surface area contributed by atoms with Gasteiger partial charge in [0.15, 0.2) is 0 Å². The smallest absolute Gasteiger partial charge is 0.327 e. The van der Waals surface area contributed by atoms with E-state index in [2.05, 4.69) is 11.8 Å². The van der Waals surface area contributed by atoms with Crippen molar-refractivity contribution >= 4 is 11.9 Å². The highest BCUT2D eigenvalue weighted by Crippen LogP contribution is 2.35. The van der Waals surface area contributed by atoms with Gasteiger partial charge in [0.25, 0.3) is 5.91 Å². The minimum Gasteiger partial charge on any atom is -0.383 e. The molecular formula is C12H21N3O3. The molecule has 2 aliphatic rings. The summed E-state index contributed by atoms with van der Waals surface area (Å²) in [5.41, 5.74) is -0.652. The zero-order valence-corrected chi connectivity index (χ0v) is 11.3. The van der Waals surface area contributed by atoms with Gasteiger partial charge in [0.1, 0.15) is 5.54 Å². The summed E-state index contributed by atoms with van der Waals surface area (Å²) in [6.45, 7) is 5.42. The Morgan fingerprint density at radius 3 is 2.67 bits per heavy atom. The van der Waals surface area contributed by atoms with Gasteiger partial charge in [0.05, 0.1) is 6.61 Å². The first-order valence-electron chi connectivity index (χ1n) is 6.38. The van der Waals surface area contributed by atoms with Crippen molar-refractivity contribution in [1.82, 2.24) is 14.7 Å². The molecule has 0 aliphatic carbocycles. The molecule has 1 unspecified atom stereocenters. The molecule has 0 aromatic heterocycles. The second-order valence-electron chi connectivity index (χ2n) is 4.94. The first kappa shape index (κ1) is 13.3. The van der Waals surface area contributed by atoms with Gasteiger partial charge in [0.2, 0.25) is 0 Å². The van der Waals surface area contributed by atoms with E-state index >= 15 is 0 Å². The van der Waals surface area contributed by atoms with Crippen LogP contribution in [0.3, 0.4) is 0 Å². The lowest BCUT2D eigenvalue weighted by Crippen LogP contribution is -2.52. The van der Waals surface area contributed by atoms with Crippen LogP contribution in [0.5, 0.6) is 0 Å². The maximum Gasteiger partial charge on any atom is 0.327 e. The van der Waals surface area contributed by atoms with E-state index in [4.69, 9.17) is 4.74 Å². The summed E-state index contributed by atoms with van der Waals surface area (Å²) in [5, 5.41) is 0. The Morgan fingerprint density at radius 2 is 2.11 bits per heavy atom. The molecule has 3 amide bonds. The Morgan fingerprint density at radius 1 is 1.39 bits per heavy atom. The number of ether oxygens (including phenoxy) is 1. The van der Waals surface area contributed by atoms with Gasteiger partial charge >= 0.3 is 6.03 Å². The molecule has 102 valence electrons. The molecule has 0 aromatic carbocycles. The standard InChI is InChI=1S/C12H21N3O3/c1-4-14-6-5-12(9-14)10(16)13(2)11(17)15(12)7-8-18-3/h4-9H2,1-3H3. The zero-order valence-electron chi connectivity index (χ0n) is 11.3. The Bertz CT molecular complexity index is 360. The molecule has 0 radical (unpaired) electrons. The minimum atomic E-state index is -0.652. The Hall–Kier alpha value is -1.14. The molecular weight excluding hydrogens is 234 g/mol. The largest absolute Gasteiger partial charge is 0.383 e. The molecule has 6 heteroatoms. The fourth-order valence-corrected chi connectivity index (χ4v) is 2.91. The highest BCUT2D eigenvalue weighted by Gasteiger charge is 2.58. The van der Waals surface area contributed by atoms with Crippen LogP contribution in [-0.2, 0) is 9.53 Å². The second kappa shape index (κ2) is 4.85. The average molecular weight is 255 g/mol. The third-order valence-corrected chi connectivity index (χ3v) is 4.03. The van der Waals surface area contributed by atoms with Crippen molar-refractivity contribution in [3.8, 4) is 0 Å². The van der Waals surface area contributed by atoms with E-state index in [1.54, 1.807) is 19.1 Å². The highest BCUT2D eigenvalue weighted by atomic mass is 16.5. The van der Waals surface area contributed by atoms with E-state index in [-0.39, 0.29) is 11.9 Å². The number of hydrogen-bond acceptors (Lipinski definition) is 4. The van der Waals surface area contributed by atoms with E-state index in [0.29, 0.717) is 19.7 Å². The van der Waals surface area contributed by atoms with Crippen LogP contribution in [-0.4, -0.2) is 79.1 Å². The van der Waals surface area contributed by atoms with Crippen LogP contribution in [0, 0.1) is 0 Å². The number of nitrogens with zero attached hydrogens (tertiary/aromatic N) is 3. The van der Waals surface area contributed by atoms with Crippen LogP contribution in [0.4, 0.5) is 4.79 Å². The number of carbonyl (C=O) groups excluding carboxylic acids is 2. The van der Waals surface area contributed by atoms with Crippen LogP contribution in [0.2, 0.25) is 0 Å². The molecule has 2 fully saturated rings. The molecule has 2 heterocycles. The van der Waals surface area contributed by atoms with Crippen molar-refractivity contribution < 1.29 is 14.3 Å². The summed E-state index contributed by atoms with van der Waals surface area (Å²) in [4.78, 5) is 29.7. The molecule has 1 spiro atoms. The van der Waals surface area contributed by atoms with Gasteiger partial charge in [-0.15, -0.1) is 0 Å². The topological polar surface area (TPSA) is 53.1 Å². The van der Waals surface area contributed by atoms with Gasteiger partial charge in [-0.3, -0.25) is 9.69 Å². The second-order valence-corrected chi connectivity index (χ2v) is 4.94. The van der Waals surface area contributed by atoms with Gasteiger partial charge in [-0.25, -0.2) is 4.79 Å².